The first-order valence-electron chi connectivity index (χ1n) is 3.82. The molecule has 0 aliphatic rings. The molecule has 3 heteroatoms. The van der Waals surface area contributed by atoms with Gasteiger partial charge in [0.1, 0.15) is 6.92 Å². The Kier molecular flexibility index (Phi) is 3.29. The van der Waals surface area contributed by atoms with Crippen molar-refractivity contribution in [2.75, 3.05) is 0 Å². The molecule has 0 fully saturated rings. The summed E-state index contributed by atoms with van der Waals surface area (Å²) in [6.07, 6.45) is 0. The van der Waals surface area contributed by atoms with Crippen molar-refractivity contribution in [1.29, 1.82) is 0 Å². The molecule has 0 aliphatic heterocycles. The van der Waals surface area contributed by atoms with Gasteiger partial charge >= 0.3 is 5.97 Å². The van der Waals surface area contributed by atoms with Crippen molar-refractivity contribution in [1.82, 2.24) is 0 Å². The third-order valence-electron chi connectivity index (χ3n) is 1.41. The highest BCUT2D eigenvalue weighted by molar-refractivity contribution is 5.64. The first-order valence-corrected chi connectivity index (χ1v) is 3.82. The van der Waals surface area contributed by atoms with Crippen molar-refractivity contribution in [3.63, 3.8) is 0 Å². The summed E-state index contributed by atoms with van der Waals surface area (Å²) in [7, 11) is 0. The second-order valence-corrected chi connectivity index (χ2v) is 2.47. The first-order chi connectivity index (χ1) is 5.79. The summed E-state index contributed by atoms with van der Waals surface area (Å²) in [5.41, 5.74) is 2.65. The third kappa shape index (κ3) is 3.16. The Balaban J connectivity index is 2.29. The Bertz CT molecular complexity index is 246. The summed E-state index contributed by atoms with van der Waals surface area (Å²) >= 11 is 0. The topological polar surface area (TPSA) is 45.7 Å². The van der Waals surface area contributed by atoms with Crippen LogP contribution in [0.4, 0.5) is 0 Å². The molecule has 0 atom stereocenters. The fourth-order valence-corrected chi connectivity index (χ4v) is 0.869. The molecule has 1 radical (unpaired) electrons. The van der Waals surface area contributed by atoms with E-state index < -0.39 is 0 Å². The summed E-state index contributed by atoms with van der Waals surface area (Å²) < 4.78 is 0. The summed E-state index contributed by atoms with van der Waals surface area (Å²) in [5, 5.41) is 0. The highest BCUT2D eigenvalue weighted by Gasteiger charge is 2.10. The van der Waals surface area contributed by atoms with E-state index >= 15 is 0 Å². The minimum atomic E-state index is -0.272. The van der Waals surface area contributed by atoms with Gasteiger partial charge in [-0.05, 0) is 0 Å². The number of hydrogen-bond acceptors (Lipinski definition) is 2. The summed E-state index contributed by atoms with van der Waals surface area (Å²) in [4.78, 5) is 15.1. The Labute approximate surface area is 71.3 Å². The van der Waals surface area contributed by atoms with Gasteiger partial charge < -0.3 is 0 Å². The fraction of sp³-hybridized carbons (Fsp3) is 0.222. The SMILES string of the molecule is CC(=[O+])O[NH2+]Cc1ccccc1. The zero-order chi connectivity index (χ0) is 8.81. The Morgan fingerprint density at radius 3 is 2.67 bits per heavy atom. The zero-order valence-corrected chi connectivity index (χ0v) is 6.99. The Morgan fingerprint density at radius 1 is 1.42 bits per heavy atom. The molecule has 0 aromatic heterocycles. The van der Waals surface area contributed by atoms with E-state index in [0.717, 1.165) is 5.56 Å². The average Bonchev–Trinajstić information content (AvgIpc) is 2.05. The molecule has 63 valence electrons. The molecule has 3 nitrogen and oxygen atoms in total. The maximum absolute atomic E-state index is 10.4. The van der Waals surface area contributed by atoms with Gasteiger partial charge in [0.25, 0.3) is 0 Å². The van der Waals surface area contributed by atoms with Crippen molar-refractivity contribution in [3.8, 4) is 0 Å². The van der Waals surface area contributed by atoms with Crippen LogP contribution in [0.5, 0.6) is 0 Å². The predicted octanol–water partition coefficient (Wildman–Crippen LogP) is 0.228. The van der Waals surface area contributed by atoms with E-state index in [4.69, 9.17) is 0 Å². The minimum Gasteiger partial charge on any atom is -0.0899 e. The summed E-state index contributed by atoms with van der Waals surface area (Å²) in [6.45, 7) is 2.06. The molecular weight excluding hydrogens is 154 g/mol. The lowest BCUT2D eigenvalue weighted by atomic mass is 10.2. The molecule has 12 heavy (non-hydrogen) atoms. The van der Waals surface area contributed by atoms with E-state index in [2.05, 4.69) is 4.84 Å². The van der Waals surface area contributed by atoms with Gasteiger partial charge in [0.2, 0.25) is 0 Å². The van der Waals surface area contributed by atoms with E-state index in [1.807, 2.05) is 30.3 Å². The lowest BCUT2D eigenvalue weighted by Gasteiger charge is -1.92. The van der Waals surface area contributed by atoms with E-state index in [1.54, 1.807) is 0 Å². The van der Waals surface area contributed by atoms with Gasteiger partial charge in [-0.3, -0.25) is 0 Å². The number of hydroxylamine groups is 1. The van der Waals surface area contributed by atoms with Gasteiger partial charge in [-0.15, -0.1) is 0 Å². The van der Waals surface area contributed by atoms with Gasteiger partial charge in [-0.1, -0.05) is 40.6 Å². The van der Waals surface area contributed by atoms with E-state index in [1.165, 1.54) is 12.4 Å². The molecule has 1 rings (SSSR count). The molecule has 1 aromatic carbocycles. The quantitative estimate of drug-likeness (QED) is 0.516. The lowest BCUT2D eigenvalue weighted by molar-refractivity contribution is -0.884. The van der Waals surface area contributed by atoms with Crippen LogP contribution in [0.1, 0.15) is 12.5 Å². The molecule has 1 aromatic rings. The average molecular weight is 166 g/mol. The van der Waals surface area contributed by atoms with Crippen molar-refractivity contribution in [2.24, 2.45) is 0 Å². The van der Waals surface area contributed by atoms with Crippen LogP contribution < -0.4 is 5.48 Å². The van der Waals surface area contributed by atoms with Gasteiger partial charge in [0.15, 0.2) is 6.54 Å². The minimum absolute atomic E-state index is 0.272. The van der Waals surface area contributed by atoms with E-state index in [0.29, 0.717) is 6.54 Å². The summed E-state index contributed by atoms with van der Waals surface area (Å²) in [5.74, 6) is -0.272. The maximum Gasteiger partial charge on any atom is 0.635 e. The first kappa shape index (κ1) is 8.74. The number of benzene rings is 1. The van der Waals surface area contributed by atoms with Crippen molar-refractivity contribution >= 4 is 5.97 Å². The van der Waals surface area contributed by atoms with Gasteiger partial charge in [-0.25, -0.2) is 0 Å². The van der Waals surface area contributed by atoms with Crippen molar-refractivity contribution < 1.29 is 15.1 Å². The van der Waals surface area contributed by atoms with Crippen LogP contribution in [0, 0.1) is 0 Å². The predicted molar refractivity (Wildman–Crippen MR) is 43.8 cm³/mol. The van der Waals surface area contributed by atoms with Crippen LogP contribution in [0.15, 0.2) is 30.3 Å². The number of rotatable bonds is 3. The van der Waals surface area contributed by atoms with E-state index in [9.17, 15) is 4.79 Å². The van der Waals surface area contributed by atoms with Crippen LogP contribution in [-0.2, 0) is 16.2 Å². The molecule has 2 N–H and O–H groups in total. The second kappa shape index (κ2) is 4.51. The van der Waals surface area contributed by atoms with Gasteiger partial charge in [0.05, 0.1) is 4.79 Å². The number of carbonyl (C=O) groups excluding carboxylic acids is 1. The second-order valence-electron chi connectivity index (χ2n) is 2.47. The number of quaternary nitrogens is 1. The van der Waals surface area contributed by atoms with E-state index in [-0.39, 0.29) is 5.97 Å². The normalized spacial score (nSPS) is 9.42. The van der Waals surface area contributed by atoms with Crippen LogP contribution in [-0.4, -0.2) is 5.97 Å². The van der Waals surface area contributed by atoms with Crippen molar-refractivity contribution in [2.45, 2.75) is 13.5 Å². The van der Waals surface area contributed by atoms with Crippen LogP contribution >= 0.6 is 0 Å². The van der Waals surface area contributed by atoms with Crippen molar-refractivity contribution in [3.05, 3.63) is 35.9 Å². The fourth-order valence-electron chi connectivity index (χ4n) is 0.869. The van der Waals surface area contributed by atoms with Gasteiger partial charge in [-0.2, -0.15) is 0 Å². The molecule has 0 unspecified atom stereocenters. The number of carbonyl (C=O) groups is 1. The molecule has 0 saturated carbocycles. The van der Waals surface area contributed by atoms with Crippen LogP contribution in [0.2, 0.25) is 0 Å². The molecule has 0 spiro atoms. The molecule has 0 aliphatic carbocycles. The Hall–Kier alpha value is -1.35. The molecule has 0 heterocycles. The third-order valence-corrected chi connectivity index (χ3v) is 1.41. The standard InChI is InChI=1S/C9H11NO2/c1-8(11)12-10-7-9-5-3-2-4-6-9/h2-6,10H,7H2,1H3/q+1/p+1. The number of hydrogen-bond donors (Lipinski definition) is 1. The highest BCUT2D eigenvalue weighted by Crippen LogP contribution is 1.94. The largest absolute Gasteiger partial charge is 0.635 e. The lowest BCUT2D eigenvalue weighted by Crippen LogP contribution is -2.82. The molecule has 0 bridgehead atoms. The molecule has 0 amide bonds. The Morgan fingerprint density at radius 2 is 2.08 bits per heavy atom. The number of nitrogens with two attached hydrogens (primary N) is 1. The molecule has 0 saturated heterocycles. The van der Waals surface area contributed by atoms with Crippen LogP contribution in [0.3, 0.4) is 0 Å². The maximum atomic E-state index is 10.4. The van der Waals surface area contributed by atoms with Crippen LogP contribution in [0.25, 0.3) is 0 Å². The monoisotopic (exact) mass is 166 g/mol. The zero-order valence-electron chi connectivity index (χ0n) is 6.99. The van der Waals surface area contributed by atoms with Gasteiger partial charge in [0, 0.05) is 5.56 Å². The molecular formula is C9H12NO2+2. The smallest absolute Gasteiger partial charge is 0.0899 e. The highest BCUT2D eigenvalue weighted by atomic mass is 16.7. The summed E-state index contributed by atoms with van der Waals surface area (Å²) in [6, 6.07) is 9.84.